The zero-order chi connectivity index (χ0) is 30.3. The van der Waals surface area contributed by atoms with Crippen LogP contribution in [0.5, 0.6) is 11.5 Å². The molecule has 2 unspecified atom stereocenters. The number of thioether (sulfide) groups is 1. The minimum Gasteiger partial charge on any atom is -0.457 e. The number of hydrogen-bond acceptors (Lipinski definition) is 3. The van der Waals surface area contributed by atoms with E-state index < -0.39 is 0 Å². The van der Waals surface area contributed by atoms with Crippen molar-refractivity contribution >= 4 is 61.5 Å². The van der Waals surface area contributed by atoms with Gasteiger partial charge in [0, 0.05) is 36.2 Å². The largest absolute Gasteiger partial charge is 0.457 e. The molecule has 0 amide bonds. The number of thiophene rings is 1. The summed E-state index contributed by atoms with van der Waals surface area (Å²) in [4.78, 5) is 1.31. The second-order valence-electron chi connectivity index (χ2n) is 11.9. The zero-order valence-corrected chi connectivity index (χ0v) is 26.9. The van der Waals surface area contributed by atoms with Crippen LogP contribution in [0.2, 0.25) is 0 Å². The van der Waals surface area contributed by atoms with Crippen molar-refractivity contribution in [3.63, 3.8) is 0 Å². The quantitative estimate of drug-likeness (QED) is 0.172. The topological polar surface area (TPSA) is 9.23 Å². The van der Waals surface area contributed by atoms with Crippen LogP contribution in [-0.2, 0) is 0 Å². The molecule has 6 aromatic rings. The first-order chi connectivity index (χ1) is 22.0. The molecule has 0 N–H and O–H groups in total. The Morgan fingerprint density at radius 1 is 0.600 bits per heavy atom. The third-order valence-corrected chi connectivity index (χ3v) is 11.0. The van der Waals surface area contributed by atoms with Gasteiger partial charge in [0.1, 0.15) is 11.5 Å². The van der Waals surface area contributed by atoms with Gasteiger partial charge in [0.2, 0.25) is 0 Å². The summed E-state index contributed by atoms with van der Waals surface area (Å²) >= 11 is 3.76. The van der Waals surface area contributed by atoms with E-state index in [0.717, 1.165) is 11.5 Å². The molecule has 0 fully saturated rings. The molecular formula is C42H32OS2. The second-order valence-corrected chi connectivity index (χ2v) is 14.2. The Labute approximate surface area is 272 Å². The molecule has 0 saturated heterocycles. The lowest BCUT2D eigenvalue weighted by atomic mass is 9.90. The van der Waals surface area contributed by atoms with E-state index in [9.17, 15) is 0 Å². The molecular weight excluding hydrogens is 585 g/mol. The third kappa shape index (κ3) is 5.82. The van der Waals surface area contributed by atoms with E-state index in [4.69, 9.17) is 4.74 Å². The van der Waals surface area contributed by atoms with E-state index in [2.05, 4.69) is 160 Å². The molecule has 1 aliphatic heterocycles. The van der Waals surface area contributed by atoms with E-state index in [0.29, 0.717) is 11.2 Å². The van der Waals surface area contributed by atoms with Crippen LogP contribution < -0.4 is 4.74 Å². The number of ether oxygens (including phenoxy) is 1. The third-order valence-electron chi connectivity index (χ3n) is 8.61. The number of aryl methyl sites for hydroxylation is 2. The molecule has 2 heterocycles. The summed E-state index contributed by atoms with van der Waals surface area (Å²) in [5.74, 6) is 2.16. The molecule has 3 heteroatoms. The molecule has 218 valence electrons. The zero-order valence-electron chi connectivity index (χ0n) is 25.2. The summed E-state index contributed by atoms with van der Waals surface area (Å²) in [5, 5.41) is 2.97. The van der Waals surface area contributed by atoms with Crippen molar-refractivity contribution in [1.29, 1.82) is 0 Å². The van der Waals surface area contributed by atoms with Gasteiger partial charge in [-0.05, 0) is 78.1 Å². The van der Waals surface area contributed by atoms with Crippen LogP contribution in [0.4, 0.5) is 0 Å². The van der Waals surface area contributed by atoms with E-state index in [-0.39, 0.29) is 0 Å². The van der Waals surface area contributed by atoms with Crippen LogP contribution in [0.25, 0.3) is 38.4 Å². The van der Waals surface area contributed by atoms with Gasteiger partial charge >= 0.3 is 0 Å². The predicted molar refractivity (Wildman–Crippen MR) is 196 cm³/mol. The molecule has 8 rings (SSSR count). The smallest absolute Gasteiger partial charge is 0.128 e. The molecule has 0 spiro atoms. The maximum absolute atomic E-state index is 6.44. The first kappa shape index (κ1) is 27.9. The lowest BCUT2D eigenvalue weighted by molar-refractivity contribution is 0.482. The Kier molecular flexibility index (Phi) is 7.29. The van der Waals surface area contributed by atoms with Crippen molar-refractivity contribution in [2.24, 2.45) is 0 Å². The van der Waals surface area contributed by atoms with E-state index in [1.54, 1.807) is 0 Å². The SMILES string of the molecule is Cc1ccc(/C=C/C2=CC3Sc4cc(Oc5ccc6c(c5)sc5cc(/C=C/c7ccc(C)cc7)ccc56)ccc4C3C=C2)cc1. The number of fused-ring (bicyclic) bond motifs is 6. The van der Waals surface area contributed by atoms with Crippen LogP contribution in [0, 0.1) is 13.8 Å². The molecule has 1 aromatic heterocycles. The van der Waals surface area contributed by atoms with E-state index in [1.807, 2.05) is 23.1 Å². The maximum Gasteiger partial charge on any atom is 0.128 e. The van der Waals surface area contributed by atoms with Crippen molar-refractivity contribution in [2.75, 3.05) is 0 Å². The predicted octanol–water partition coefficient (Wildman–Crippen LogP) is 12.4. The van der Waals surface area contributed by atoms with Crippen LogP contribution in [0.1, 0.15) is 39.3 Å². The van der Waals surface area contributed by atoms with Crippen molar-refractivity contribution in [3.05, 3.63) is 166 Å². The van der Waals surface area contributed by atoms with Crippen molar-refractivity contribution in [2.45, 2.75) is 29.9 Å². The highest BCUT2D eigenvalue weighted by Gasteiger charge is 2.32. The molecule has 2 atom stereocenters. The summed E-state index contributed by atoms with van der Waals surface area (Å²) in [7, 11) is 0. The summed E-state index contributed by atoms with van der Waals surface area (Å²) in [6.45, 7) is 4.24. The Morgan fingerprint density at radius 2 is 1.20 bits per heavy atom. The minimum atomic E-state index is 0.405. The fraction of sp³-hybridized carbons (Fsp3) is 0.0952. The number of rotatable bonds is 6. The molecule has 45 heavy (non-hydrogen) atoms. The number of hydrogen-bond donors (Lipinski definition) is 0. The second kappa shape index (κ2) is 11.7. The average molecular weight is 617 g/mol. The number of benzene rings is 5. The van der Waals surface area contributed by atoms with Gasteiger partial charge in [0.05, 0.1) is 0 Å². The Balaban J connectivity index is 0.981. The van der Waals surface area contributed by atoms with Gasteiger partial charge < -0.3 is 4.74 Å². The van der Waals surface area contributed by atoms with Crippen LogP contribution in [0.15, 0.2) is 138 Å². The summed E-state index contributed by atoms with van der Waals surface area (Å²) in [6, 6.07) is 37.1. The van der Waals surface area contributed by atoms with E-state index >= 15 is 0 Å². The minimum absolute atomic E-state index is 0.405. The van der Waals surface area contributed by atoms with Gasteiger partial charge in [-0.1, -0.05) is 120 Å². The Hall–Kier alpha value is -4.57. The van der Waals surface area contributed by atoms with Gasteiger partial charge in [0.15, 0.2) is 0 Å². The highest BCUT2D eigenvalue weighted by Crippen LogP contribution is 2.50. The Morgan fingerprint density at radius 3 is 1.96 bits per heavy atom. The van der Waals surface area contributed by atoms with Crippen LogP contribution in [-0.4, -0.2) is 5.25 Å². The molecule has 0 bridgehead atoms. The molecule has 1 aliphatic carbocycles. The molecule has 1 nitrogen and oxygen atoms in total. The van der Waals surface area contributed by atoms with Crippen molar-refractivity contribution < 1.29 is 4.74 Å². The van der Waals surface area contributed by atoms with Gasteiger partial charge in [-0.3, -0.25) is 0 Å². The van der Waals surface area contributed by atoms with Crippen LogP contribution in [0.3, 0.4) is 0 Å². The monoisotopic (exact) mass is 616 g/mol. The average Bonchev–Trinajstić information content (AvgIpc) is 3.60. The standard InChI is InChI=1S/C42H32OS2/c1-27-3-7-29(8-4-27)11-13-31-15-19-35-37-21-17-33(25-41(37)44-39(35)23-31)43-34-18-22-38-36-20-16-32(24-40(36)45-42(38)26-34)14-12-30-9-5-28(2)6-10-30/h3-26,35,39H,1-2H3/b13-11+,14-12+. The van der Waals surface area contributed by atoms with Gasteiger partial charge in [-0.25, -0.2) is 0 Å². The molecule has 5 aromatic carbocycles. The highest BCUT2D eigenvalue weighted by molar-refractivity contribution is 8.00. The normalized spacial score (nSPS) is 17.3. The maximum atomic E-state index is 6.44. The first-order valence-corrected chi connectivity index (χ1v) is 17.1. The van der Waals surface area contributed by atoms with Gasteiger partial charge in [-0.2, -0.15) is 0 Å². The summed E-state index contributed by atoms with van der Waals surface area (Å²) in [5.41, 5.74) is 8.87. The van der Waals surface area contributed by atoms with Gasteiger partial charge in [-0.15, -0.1) is 23.1 Å². The molecule has 2 aliphatic rings. The highest BCUT2D eigenvalue weighted by atomic mass is 32.2. The Bertz CT molecular complexity index is 2180. The lowest BCUT2D eigenvalue weighted by Crippen LogP contribution is -2.08. The molecule has 0 saturated carbocycles. The first-order valence-electron chi connectivity index (χ1n) is 15.4. The summed E-state index contributed by atoms with van der Waals surface area (Å²) in [6.07, 6.45) is 15.8. The van der Waals surface area contributed by atoms with E-state index in [1.165, 1.54) is 64.0 Å². The van der Waals surface area contributed by atoms with Crippen molar-refractivity contribution in [3.8, 4) is 11.5 Å². The van der Waals surface area contributed by atoms with Crippen LogP contribution >= 0.6 is 23.1 Å². The van der Waals surface area contributed by atoms with Crippen molar-refractivity contribution in [1.82, 2.24) is 0 Å². The van der Waals surface area contributed by atoms with Gasteiger partial charge in [0.25, 0.3) is 0 Å². The lowest BCUT2D eigenvalue weighted by Gasteiger charge is -2.17. The number of allylic oxidation sites excluding steroid dienone is 4. The molecule has 0 radical (unpaired) electrons. The fourth-order valence-corrected chi connectivity index (χ4v) is 8.70. The fourth-order valence-electron chi connectivity index (χ4n) is 6.09. The summed E-state index contributed by atoms with van der Waals surface area (Å²) < 4.78 is 8.97.